The first-order valence-electron chi connectivity index (χ1n) is 8.36. The Hall–Kier alpha value is -3.68. The van der Waals surface area contributed by atoms with Crippen LogP contribution in [0.5, 0.6) is 11.5 Å². The Kier molecular flexibility index (Phi) is 5.69. The van der Waals surface area contributed by atoms with Crippen molar-refractivity contribution in [3.63, 3.8) is 0 Å². The molecular weight excluding hydrogens is 365 g/mol. The normalized spacial score (nSPS) is 10.4. The minimum Gasteiger partial charge on any atom is -0.497 e. The number of nitrogens with one attached hydrogen (secondary N) is 1. The molecule has 7 nitrogen and oxygen atoms in total. The van der Waals surface area contributed by atoms with Crippen molar-refractivity contribution in [1.82, 2.24) is 9.78 Å². The van der Waals surface area contributed by atoms with Gasteiger partial charge in [-0.05, 0) is 35.9 Å². The van der Waals surface area contributed by atoms with Gasteiger partial charge in [0.05, 0.1) is 26.5 Å². The monoisotopic (exact) mass is 383 g/mol. The SMILES string of the molecule is COc1ccc(OC)c(NC(=O)c2ccc(=O)n(Cc3cccc(F)c3)n2)c1. The van der Waals surface area contributed by atoms with Crippen LogP contribution in [0.4, 0.5) is 10.1 Å². The average Bonchev–Trinajstić information content (AvgIpc) is 2.69. The molecule has 28 heavy (non-hydrogen) atoms. The molecule has 1 N–H and O–H groups in total. The molecule has 0 atom stereocenters. The van der Waals surface area contributed by atoms with Gasteiger partial charge in [-0.15, -0.1) is 0 Å². The molecule has 0 unspecified atom stereocenters. The summed E-state index contributed by atoms with van der Waals surface area (Å²) in [7, 11) is 2.99. The minimum absolute atomic E-state index is 0.0286. The summed E-state index contributed by atoms with van der Waals surface area (Å²) >= 11 is 0. The predicted molar refractivity (Wildman–Crippen MR) is 101 cm³/mol. The summed E-state index contributed by atoms with van der Waals surface area (Å²) in [5.74, 6) is 0.0477. The highest BCUT2D eigenvalue weighted by Gasteiger charge is 2.14. The number of benzene rings is 2. The van der Waals surface area contributed by atoms with Crippen LogP contribution in [-0.4, -0.2) is 29.9 Å². The first-order chi connectivity index (χ1) is 13.5. The van der Waals surface area contributed by atoms with E-state index in [2.05, 4.69) is 10.4 Å². The zero-order valence-corrected chi connectivity index (χ0v) is 15.3. The Morgan fingerprint density at radius 1 is 1.11 bits per heavy atom. The molecule has 1 amide bonds. The summed E-state index contributed by atoms with van der Waals surface area (Å²) in [5.41, 5.74) is 0.582. The summed E-state index contributed by atoms with van der Waals surface area (Å²) in [5, 5.41) is 6.78. The molecule has 0 aliphatic heterocycles. The molecule has 0 saturated heterocycles. The number of ether oxygens (including phenoxy) is 2. The summed E-state index contributed by atoms with van der Waals surface area (Å²) in [4.78, 5) is 24.7. The van der Waals surface area contributed by atoms with E-state index in [1.54, 1.807) is 30.3 Å². The van der Waals surface area contributed by atoms with E-state index in [-0.39, 0.29) is 12.2 Å². The number of rotatable bonds is 6. The summed E-state index contributed by atoms with van der Waals surface area (Å²) in [6, 6.07) is 13.4. The van der Waals surface area contributed by atoms with Crippen molar-refractivity contribution in [1.29, 1.82) is 0 Å². The zero-order valence-electron chi connectivity index (χ0n) is 15.3. The van der Waals surface area contributed by atoms with Gasteiger partial charge >= 0.3 is 0 Å². The molecular formula is C20H18FN3O4. The quantitative estimate of drug-likeness (QED) is 0.708. The van der Waals surface area contributed by atoms with Gasteiger partial charge < -0.3 is 14.8 Å². The fourth-order valence-electron chi connectivity index (χ4n) is 2.59. The molecule has 0 fully saturated rings. The largest absolute Gasteiger partial charge is 0.497 e. The molecule has 144 valence electrons. The Bertz CT molecular complexity index is 1070. The van der Waals surface area contributed by atoms with Crippen molar-refractivity contribution in [3.05, 3.63) is 82.0 Å². The average molecular weight is 383 g/mol. The van der Waals surface area contributed by atoms with Gasteiger partial charge in [-0.3, -0.25) is 9.59 Å². The van der Waals surface area contributed by atoms with E-state index in [4.69, 9.17) is 9.47 Å². The van der Waals surface area contributed by atoms with E-state index >= 15 is 0 Å². The molecule has 3 rings (SSSR count). The molecule has 0 radical (unpaired) electrons. The number of hydrogen-bond acceptors (Lipinski definition) is 5. The number of nitrogens with zero attached hydrogens (tertiary/aromatic N) is 2. The molecule has 0 spiro atoms. The van der Waals surface area contributed by atoms with Crippen LogP contribution in [0.15, 0.2) is 59.4 Å². The lowest BCUT2D eigenvalue weighted by Crippen LogP contribution is -2.26. The summed E-state index contributed by atoms with van der Waals surface area (Å²) in [6.45, 7) is 0.0419. The zero-order chi connectivity index (χ0) is 20.1. The molecule has 8 heteroatoms. The van der Waals surface area contributed by atoms with Crippen LogP contribution in [-0.2, 0) is 6.54 Å². The number of hydrogen-bond donors (Lipinski definition) is 1. The van der Waals surface area contributed by atoms with Gasteiger partial charge in [0.25, 0.3) is 11.5 Å². The maximum absolute atomic E-state index is 13.4. The highest BCUT2D eigenvalue weighted by molar-refractivity contribution is 6.03. The highest BCUT2D eigenvalue weighted by atomic mass is 19.1. The molecule has 0 aliphatic carbocycles. The van der Waals surface area contributed by atoms with Crippen molar-refractivity contribution in [2.45, 2.75) is 6.54 Å². The van der Waals surface area contributed by atoms with Crippen LogP contribution in [0.2, 0.25) is 0 Å². The van der Waals surface area contributed by atoms with Gasteiger partial charge in [0.2, 0.25) is 0 Å². The Balaban J connectivity index is 1.86. The van der Waals surface area contributed by atoms with Crippen LogP contribution in [0, 0.1) is 5.82 Å². The lowest BCUT2D eigenvalue weighted by Gasteiger charge is -2.12. The molecule has 3 aromatic rings. The van der Waals surface area contributed by atoms with Crippen LogP contribution in [0.3, 0.4) is 0 Å². The minimum atomic E-state index is -0.528. The van der Waals surface area contributed by atoms with E-state index in [9.17, 15) is 14.0 Å². The predicted octanol–water partition coefficient (Wildman–Crippen LogP) is 2.70. The van der Waals surface area contributed by atoms with E-state index in [1.807, 2.05) is 0 Å². The number of carbonyl (C=O) groups excluding carboxylic acids is 1. The molecule has 1 heterocycles. The number of aromatic nitrogens is 2. The standard InChI is InChI=1S/C20H18FN3O4/c1-27-15-6-8-18(28-2)17(11-15)22-20(26)16-7-9-19(25)24(23-16)12-13-4-3-5-14(21)10-13/h3-11H,12H2,1-2H3,(H,22,26). The lowest BCUT2D eigenvalue weighted by molar-refractivity contribution is 0.101. The van der Waals surface area contributed by atoms with Crippen LogP contribution in [0.1, 0.15) is 16.1 Å². The first kappa shape index (κ1) is 19.1. The number of methoxy groups -OCH3 is 2. The maximum atomic E-state index is 13.4. The molecule has 0 saturated carbocycles. The van der Waals surface area contributed by atoms with Crippen molar-refractivity contribution in [2.75, 3.05) is 19.5 Å². The second-order valence-electron chi connectivity index (χ2n) is 5.86. The van der Waals surface area contributed by atoms with Crippen LogP contribution in [0.25, 0.3) is 0 Å². The fourth-order valence-corrected chi connectivity index (χ4v) is 2.59. The maximum Gasteiger partial charge on any atom is 0.276 e. The van der Waals surface area contributed by atoms with Gasteiger partial charge in [-0.25, -0.2) is 9.07 Å². The third kappa shape index (κ3) is 4.35. The van der Waals surface area contributed by atoms with Crippen molar-refractivity contribution < 1.29 is 18.7 Å². The van der Waals surface area contributed by atoms with Gasteiger partial charge in [0.15, 0.2) is 0 Å². The van der Waals surface area contributed by atoms with Crippen molar-refractivity contribution >= 4 is 11.6 Å². The number of amides is 1. The third-order valence-electron chi connectivity index (χ3n) is 3.98. The number of anilines is 1. The van der Waals surface area contributed by atoms with Crippen molar-refractivity contribution in [2.24, 2.45) is 0 Å². The summed E-state index contributed by atoms with van der Waals surface area (Å²) in [6.07, 6.45) is 0. The molecule has 0 aliphatic rings. The fraction of sp³-hybridized carbons (Fsp3) is 0.150. The Labute approximate surface area is 160 Å². The van der Waals surface area contributed by atoms with Crippen LogP contribution >= 0.6 is 0 Å². The Morgan fingerprint density at radius 3 is 2.64 bits per heavy atom. The van der Waals surface area contributed by atoms with Gasteiger partial charge in [0, 0.05) is 12.1 Å². The van der Waals surface area contributed by atoms with Crippen LogP contribution < -0.4 is 20.3 Å². The molecule has 1 aromatic heterocycles. The number of halogens is 1. The smallest absolute Gasteiger partial charge is 0.276 e. The molecule has 0 bridgehead atoms. The summed E-state index contributed by atoms with van der Waals surface area (Å²) < 4.78 is 24.9. The van der Waals surface area contributed by atoms with Gasteiger partial charge in [-0.2, -0.15) is 5.10 Å². The van der Waals surface area contributed by atoms with E-state index < -0.39 is 17.3 Å². The third-order valence-corrected chi connectivity index (χ3v) is 3.98. The highest BCUT2D eigenvalue weighted by Crippen LogP contribution is 2.29. The van der Waals surface area contributed by atoms with Gasteiger partial charge in [0.1, 0.15) is 23.0 Å². The van der Waals surface area contributed by atoms with E-state index in [0.29, 0.717) is 22.7 Å². The lowest BCUT2D eigenvalue weighted by atomic mass is 10.2. The first-order valence-corrected chi connectivity index (χ1v) is 8.36. The van der Waals surface area contributed by atoms with Gasteiger partial charge in [-0.1, -0.05) is 12.1 Å². The van der Waals surface area contributed by atoms with Crippen molar-refractivity contribution in [3.8, 4) is 11.5 Å². The van der Waals surface area contributed by atoms with E-state index in [0.717, 1.165) is 4.68 Å². The second-order valence-corrected chi connectivity index (χ2v) is 5.86. The second kappa shape index (κ2) is 8.34. The topological polar surface area (TPSA) is 82.5 Å². The number of carbonyl (C=O) groups is 1. The Morgan fingerprint density at radius 2 is 1.93 bits per heavy atom. The molecule has 2 aromatic carbocycles. The van der Waals surface area contributed by atoms with E-state index in [1.165, 1.54) is 38.5 Å².